The van der Waals surface area contributed by atoms with E-state index in [0.717, 1.165) is 22.7 Å². The Bertz CT molecular complexity index is 689. The Morgan fingerprint density at radius 2 is 2.24 bits per heavy atom. The van der Waals surface area contributed by atoms with Gasteiger partial charge in [-0.2, -0.15) is 11.3 Å². The van der Waals surface area contributed by atoms with E-state index in [1.54, 1.807) is 17.6 Å². The van der Waals surface area contributed by atoms with Gasteiger partial charge in [-0.1, -0.05) is 5.16 Å². The predicted octanol–water partition coefficient (Wildman–Crippen LogP) is 3.89. The van der Waals surface area contributed by atoms with Crippen LogP contribution in [0.25, 0.3) is 11.5 Å². The molecule has 0 fully saturated rings. The molecule has 0 spiro atoms. The minimum absolute atomic E-state index is 0.157. The molecule has 5 nitrogen and oxygen atoms in total. The van der Waals surface area contributed by atoms with Crippen molar-refractivity contribution in [3.05, 3.63) is 46.3 Å². The second kappa shape index (κ2) is 5.83. The summed E-state index contributed by atoms with van der Waals surface area (Å²) in [6, 6.07) is 4.05. The molecule has 3 aromatic rings. The van der Waals surface area contributed by atoms with Crippen LogP contribution in [0.1, 0.15) is 30.1 Å². The van der Waals surface area contributed by atoms with Gasteiger partial charge < -0.3 is 8.94 Å². The van der Waals surface area contributed by atoms with Crippen molar-refractivity contribution in [2.45, 2.75) is 26.4 Å². The molecule has 3 heterocycles. The van der Waals surface area contributed by atoms with Gasteiger partial charge in [0, 0.05) is 23.6 Å². The Morgan fingerprint density at radius 3 is 2.90 bits per heavy atom. The van der Waals surface area contributed by atoms with E-state index >= 15 is 0 Å². The first kappa shape index (κ1) is 14.0. The zero-order valence-corrected chi connectivity index (χ0v) is 13.1. The van der Waals surface area contributed by atoms with Gasteiger partial charge in [0.05, 0.1) is 11.7 Å². The highest BCUT2D eigenvalue weighted by molar-refractivity contribution is 7.08. The number of aromatic nitrogens is 2. The molecule has 3 aromatic heterocycles. The summed E-state index contributed by atoms with van der Waals surface area (Å²) in [5.74, 6) is 1.54. The minimum atomic E-state index is 0.157. The highest BCUT2D eigenvalue weighted by Gasteiger charge is 2.18. The average Bonchev–Trinajstić information content (AvgIpc) is 3.20. The fourth-order valence-corrected chi connectivity index (χ4v) is 2.75. The standard InChI is InChI=1S/C15H17N3O2S/c1-10(13-4-6-19-17-13)18(3)8-14-11(2)20-15(16-14)12-5-7-21-9-12/h4-7,9-10H,8H2,1-3H3. The third-order valence-corrected chi connectivity index (χ3v) is 4.29. The molecule has 0 radical (unpaired) electrons. The summed E-state index contributed by atoms with van der Waals surface area (Å²) in [5, 5.41) is 8.05. The Balaban J connectivity index is 1.76. The maximum atomic E-state index is 5.77. The second-order valence-electron chi connectivity index (χ2n) is 5.05. The molecule has 3 rings (SSSR count). The Morgan fingerprint density at radius 1 is 1.38 bits per heavy atom. The Kier molecular flexibility index (Phi) is 3.90. The van der Waals surface area contributed by atoms with Crippen LogP contribution in [0.5, 0.6) is 0 Å². The lowest BCUT2D eigenvalue weighted by atomic mass is 10.2. The van der Waals surface area contributed by atoms with Gasteiger partial charge in [-0.05, 0) is 32.3 Å². The quantitative estimate of drug-likeness (QED) is 0.715. The van der Waals surface area contributed by atoms with Crippen molar-refractivity contribution in [1.29, 1.82) is 0 Å². The number of rotatable bonds is 5. The molecule has 0 bridgehead atoms. The van der Waals surface area contributed by atoms with E-state index < -0.39 is 0 Å². The topological polar surface area (TPSA) is 55.3 Å². The van der Waals surface area contributed by atoms with Gasteiger partial charge in [0.15, 0.2) is 0 Å². The van der Waals surface area contributed by atoms with Crippen molar-refractivity contribution in [1.82, 2.24) is 15.0 Å². The molecule has 0 amide bonds. The lowest BCUT2D eigenvalue weighted by molar-refractivity contribution is 0.237. The van der Waals surface area contributed by atoms with Gasteiger partial charge in [-0.15, -0.1) is 0 Å². The summed E-state index contributed by atoms with van der Waals surface area (Å²) >= 11 is 1.64. The van der Waals surface area contributed by atoms with E-state index in [2.05, 4.69) is 22.0 Å². The highest BCUT2D eigenvalue weighted by Crippen LogP contribution is 2.26. The van der Waals surface area contributed by atoms with Crippen LogP contribution in [0, 0.1) is 6.92 Å². The monoisotopic (exact) mass is 303 g/mol. The molecule has 0 saturated carbocycles. The predicted molar refractivity (Wildman–Crippen MR) is 80.9 cm³/mol. The summed E-state index contributed by atoms with van der Waals surface area (Å²) in [6.45, 7) is 4.74. The van der Waals surface area contributed by atoms with Crippen molar-refractivity contribution in [2.24, 2.45) is 0 Å². The number of thiophene rings is 1. The first-order valence-corrected chi connectivity index (χ1v) is 7.69. The van der Waals surface area contributed by atoms with Gasteiger partial charge in [0.25, 0.3) is 0 Å². The van der Waals surface area contributed by atoms with Crippen LogP contribution in [-0.2, 0) is 6.54 Å². The normalized spacial score (nSPS) is 13.0. The van der Waals surface area contributed by atoms with Crippen LogP contribution in [0.15, 0.2) is 38.1 Å². The third-order valence-electron chi connectivity index (χ3n) is 3.61. The lowest BCUT2D eigenvalue weighted by Crippen LogP contribution is -2.22. The number of hydrogen-bond donors (Lipinski definition) is 0. The number of nitrogens with zero attached hydrogens (tertiary/aromatic N) is 3. The van der Waals surface area contributed by atoms with Crippen molar-refractivity contribution in [3.63, 3.8) is 0 Å². The largest absolute Gasteiger partial charge is 0.441 e. The van der Waals surface area contributed by atoms with Crippen molar-refractivity contribution >= 4 is 11.3 Å². The lowest BCUT2D eigenvalue weighted by Gasteiger charge is -2.21. The van der Waals surface area contributed by atoms with Crippen molar-refractivity contribution in [3.8, 4) is 11.5 Å². The zero-order chi connectivity index (χ0) is 14.8. The molecule has 0 saturated heterocycles. The molecule has 21 heavy (non-hydrogen) atoms. The van der Waals surface area contributed by atoms with Gasteiger partial charge >= 0.3 is 0 Å². The highest BCUT2D eigenvalue weighted by atomic mass is 32.1. The van der Waals surface area contributed by atoms with E-state index in [0.29, 0.717) is 12.4 Å². The maximum absolute atomic E-state index is 5.77. The van der Waals surface area contributed by atoms with Crippen molar-refractivity contribution < 1.29 is 8.94 Å². The van der Waals surface area contributed by atoms with E-state index in [1.807, 2.05) is 36.9 Å². The van der Waals surface area contributed by atoms with Crippen LogP contribution < -0.4 is 0 Å². The maximum Gasteiger partial charge on any atom is 0.227 e. The minimum Gasteiger partial charge on any atom is -0.441 e. The SMILES string of the molecule is Cc1oc(-c2ccsc2)nc1CN(C)C(C)c1ccon1. The summed E-state index contributed by atoms with van der Waals surface area (Å²) in [6.07, 6.45) is 1.59. The van der Waals surface area contributed by atoms with Crippen LogP contribution >= 0.6 is 11.3 Å². The fraction of sp³-hybridized carbons (Fsp3) is 0.333. The molecule has 0 aromatic carbocycles. The Hall–Kier alpha value is -1.92. The second-order valence-corrected chi connectivity index (χ2v) is 5.83. The van der Waals surface area contributed by atoms with E-state index in [4.69, 9.17) is 8.94 Å². The first-order valence-electron chi connectivity index (χ1n) is 6.74. The molecule has 0 aliphatic rings. The smallest absolute Gasteiger partial charge is 0.227 e. The first-order chi connectivity index (χ1) is 10.1. The van der Waals surface area contributed by atoms with Gasteiger partial charge in [0.1, 0.15) is 17.7 Å². The third kappa shape index (κ3) is 2.91. The summed E-state index contributed by atoms with van der Waals surface area (Å²) in [7, 11) is 2.04. The van der Waals surface area contributed by atoms with Crippen LogP contribution in [0.2, 0.25) is 0 Å². The summed E-state index contributed by atoms with van der Waals surface area (Å²) in [5.41, 5.74) is 2.90. The fourth-order valence-electron chi connectivity index (χ4n) is 2.12. The van der Waals surface area contributed by atoms with Crippen LogP contribution in [0.4, 0.5) is 0 Å². The summed E-state index contributed by atoms with van der Waals surface area (Å²) < 4.78 is 10.7. The van der Waals surface area contributed by atoms with Crippen LogP contribution in [0.3, 0.4) is 0 Å². The molecule has 6 heteroatoms. The molecule has 1 atom stereocenters. The molecule has 1 unspecified atom stereocenters. The average molecular weight is 303 g/mol. The Labute approximate surface area is 127 Å². The van der Waals surface area contributed by atoms with Crippen molar-refractivity contribution in [2.75, 3.05) is 7.05 Å². The molecular weight excluding hydrogens is 286 g/mol. The molecule has 0 aliphatic heterocycles. The van der Waals surface area contributed by atoms with E-state index in [9.17, 15) is 0 Å². The molecule has 0 N–H and O–H groups in total. The van der Waals surface area contributed by atoms with Gasteiger partial charge in [-0.3, -0.25) is 4.90 Å². The number of aryl methyl sites for hydroxylation is 1. The van der Waals surface area contributed by atoms with Gasteiger partial charge in [0.2, 0.25) is 5.89 Å². The number of hydrogen-bond acceptors (Lipinski definition) is 6. The number of oxazole rings is 1. The summed E-state index contributed by atoms with van der Waals surface area (Å²) in [4.78, 5) is 6.78. The molecular formula is C15H17N3O2S. The van der Waals surface area contributed by atoms with E-state index in [1.165, 1.54) is 0 Å². The zero-order valence-electron chi connectivity index (χ0n) is 12.2. The molecule has 0 aliphatic carbocycles. The van der Waals surface area contributed by atoms with Gasteiger partial charge in [-0.25, -0.2) is 4.98 Å². The van der Waals surface area contributed by atoms with Crippen LogP contribution in [-0.4, -0.2) is 22.1 Å². The molecule has 110 valence electrons. The van der Waals surface area contributed by atoms with E-state index in [-0.39, 0.29) is 6.04 Å².